The van der Waals surface area contributed by atoms with Crippen molar-refractivity contribution in [2.45, 2.75) is 45.8 Å². The van der Waals surface area contributed by atoms with Gasteiger partial charge in [0.05, 0.1) is 11.6 Å². The molecule has 0 spiro atoms. The van der Waals surface area contributed by atoms with E-state index < -0.39 is 17.5 Å². The van der Waals surface area contributed by atoms with Crippen LogP contribution in [0.2, 0.25) is 0 Å². The molecule has 1 heterocycles. The standard InChI is InChI=1S/C30H30FN3O3/c1-19-5-7-20(8-6-19)25-12-11-22(15-26(25)21-9-10-23(17-32)27(31)16-21)28(35)34-14-13-24(18-34)33-29(36)37-30(2,3)4/h5-12,15-16,24H,13-14,18H2,1-4H3,(H,33,36)/t24-/m0/s1. The fourth-order valence-electron chi connectivity index (χ4n) is 4.39. The highest BCUT2D eigenvalue weighted by molar-refractivity contribution is 5.98. The highest BCUT2D eigenvalue weighted by atomic mass is 19.1. The predicted molar refractivity (Wildman–Crippen MR) is 140 cm³/mol. The van der Waals surface area contributed by atoms with Gasteiger partial charge >= 0.3 is 6.09 Å². The van der Waals surface area contributed by atoms with Crippen molar-refractivity contribution in [3.63, 3.8) is 0 Å². The quantitative estimate of drug-likeness (QED) is 0.472. The van der Waals surface area contributed by atoms with Crippen molar-refractivity contribution < 1.29 is 18.7 Å². The molecule has 37 heavy (non-hydrogen) atoms. The van der Waals surface area contributed by atoms with Crippen molar-refractivity contribution in [2.24, 2.45) is 0 Å². The number of carbonyl (C=O) groups excluding carboxylic acids is 2. The first kappa shape index (κ1) is 25.9. The minimum absolute atomic E-state index is 0.0338. The van der Waals surface area contributed by atoms with E-state index in [0.717, 1.165) is 16.7 Å². The summed E-state index contributed by atoms with van der Waals surface area (Å²) in [6.07, 6.45) is 0.125. The number of benzene rings is 3. The highest BCUT2D eigenvalue weighted by Crippen LogP contribution is 2.34. The van der Waals surface area contributed by atoms with Gasteiger partial charge in [0.1, 0.15) is 17.5 Å². The number of alkyl carbamates (subject to hydrolysis) is 1. The smallest absolute Gasteiger partial charge is 0.407 e. The van der Waals surface area contributed by atoms with Gasteiger partial charge in [0.15, 0.2) is 0 Å². The Morgan fingerprint density at radius 2 is 1.73 bits per heavy atom. The topological polar surface area (TPSA) is 82.4 Å². The van der Waals surface area contributed by atoms with Gasteiger partial charge in [-0.25, -0.2) is 9.18 Å². The minimum atomic E-state index is -0.609. The molecule has 0 unspecified atom stereocenters. The molecule has 4 rings (SSSR count). The van der Waals surface area contributed by atoms with Crippen LogP contribution in [0.25, 0.3) is 22.3 Å². The van der Waals surface area contributed by atoms with E-state index in [0.29, 0.717) is 36.2 Å². The lowest BCUT2D eigenvalue weighted by Gasteiger charge is -2.22. The lowest BCUT2D eigenvalue weighted by molar-refractivity contribution is 0.0502. The summed E-state index contributed by atoms with van der Waals surface area (Å²) >= 11 is 0. The molecule has 0 bridgehead atoms. The summed E-state index contributed by atoms with van der Waals surface area (Å²) in [5.41, 5.74) is 4.01. The molecular weight excluding hydrogens is 469 g/mol. The maximum Gasteiger partial charge on any atom is 0.407 e. The Morgan fingerprint density at radius 1 is 1.03 bits per heavy atom. The van der Waals surface area contributed by atoms with Crippen LogP contribution in [0.1, 0.15) is 48.7 Å². The molecule has 1 atom stereocenters. The zero-order chi connectivity index (χ0) is 26.7. The van der Waals surface area contributed by atoms with Crippen molar-refractivity contribution in [2.75, 3.05) is 13.1 Å². The molecule has 0 saturated carbocycles. The van der Waals surface area contributed by atoms with Crippen LogP contribution < -0.4 is 5.32 Å². The number of hydrogen-bond acceptors (Lipinski definition) is 4. The predicted octanol–water partition coefficient (Wildman–Crippen LogP) is 6.08. The van der Waals surface area contributed by atoms with Gasteiger partial charge in [0.25, 0.3) is 5.91 Å². The molecule has 1 fully saturated rings. The first-order chi connectivity index (χ1) is 17.5. The lowest BCUT2D eigenvalue weighted by atomic mass is 9.91. The van der Waals surface area contributed by atoms with Gasteiger partial charge < -0.3 is 15.0 Å². The van der Waals surface area contributed by atoms with E-state index >= 15 is 0 Å². The molecule has 3 aromatic rings. The largest absolute Gasteiger partial charge is 0.444 e. The van der Waals surface area contributed by atoms with E-state index in [2.05, 4.69) is 5.32 Å². The molecule has 1 saturated heterocycles. The molecule has 2 amide bonds. The Balaban J connectivity index is 1.62. The second-order valence-electron chi connectivity index (χ2n) is 10.3. The summed E-state index contributed by atoms with van der Waals surface area (Å²) in [4.78, 5) is 27.3. The Hall–Kier alpha value is -4.18. The number of nitrogens with zero attached hydrogens (tertiary/aromatic N) is 2. The van der Waals surface area contributed by atoms with E-state index in [-0.39, 0.29) is 17.5 Å². The number of carbonyl (C=O) groups is 2. The van der Waals surface area contributed by atoms with Crippen LogP contribution in [0.3, 0.4) is 0 Å². The van der Waals surface area contributed by atoms with Gasteiger partial charge in [-0.05, 0) is 80.6 Å². The Labute approximate surface area is 216 Å². The van der Waals surface area contributed by atoms with E-state index in [4.69, 9.17) is 10.00 Å². The van der Waals surface area contributed by atoms with Crippen LogP contribution in [0.4, 0.5) is 9.18 Å². The van der Waals surface area contributed by atoms with Crippen LogP contribution in [0.5, 0.6) is 0 Å². The van der Waals surface area contributed by atoms with Crippen molar-refractivity contribution in [3.05, 3.63) is 83.2 Å². The third-order valence-corrected chi connectivity index (χ3v) is 6.23. The van der Waals surface area contributed by atoms with Crippen molar-refractivity contribution in [1.82, 2.24) is 10.2 Å². The number of amides is 2. The summed E-state index contributed by atoms with van der Waals surface area (Å²) in [6.45, 7) is 8.28. The Kier molecular flexibility index (Phi) is 7.30. The van der Waals surface area contributed by atoms with E-state index in [9.17, 15) is 14.0 Å². The van der Waals surface area contributed by atoms with E-state index in [1.54, 1.807) is 43.9 Å². The summed E-state index contributed by atoms with van der Waals surface area (Å²) in [6, 6.07) is 19.5. The Morgan fingerprint density at radius 3 is 2.38 bits per heavy atom. The molecule has 1 N–H and O–H groups in total. The second-order valence-corrected chi connectivity index (χ2v) is 10.3. The second kappa shape index (κ2) is 10.4. The zero-order valence-electron chi connectivity index (χ0n) is 21.5. The van der Waals surface area contributed by atoms with Crippen LogP contribution in [0, 0.1) is 24.1 Å². The van der Waals surface area contributed by atoms with E-state index in [1.165, 1.54) is 12.1 Å². The SMILES string of the molecule is Cc1ccc(-c2ccc(C(=O)N3CC[C@H](NC(=O)OC(C)(C)C)C3)cc2-c2ccc(C#N)c(F)c2)cc1. The summed E-state index contributed by atoms with van der Waals surface area (Å²) < 4.78 is 19.9. The number of ether oxygens (including phenoxy) is 1. The number of nitriles is 1. The molecule has 0 aliphatic carbocycles. The van der Waals surface area contributed by atoms with Gasteiger partial charge in [-0.1, -0.05) is 42.0 Å². The number of aryl methyl sites for hydroxylation is 1. The Bertz CT molecular complexity index is 1370. The number of rotatable bonds is 4. The maximum absolute atomic E-state index is 14.5. The third kappa shape index (κ3) is 6.15. The molecule has 0 radical (unpaired) electrons. The van der Waals surface area contributed by atoms with Crippen molar-refractivity contribution >= 4 is 12.0 Å². The van der Waals surface area contributed by atoms with Gasteiger partial charge in [0, 0.05) is 18.7 Å². The van der Waals surface area contributed by atoms with Gasteiger partial charge in [0.2, 0.25) is 0 Å². The van der Waals surface area contributed by atoms with E-state index in [1.807, 2.05) is 43.3 Å². The molecule has 1 aliphatic rings. The fourth-order valence-corrected chi connectivity index (χ4v) is 4.39. The number of nitrogens with one attached hydrogen (secondary N) is 1. The van der Waals surface area contributed by atoms with Crippen molar-refractivity contribution in [3.8, 4) is 28.3 Å². The average Bonchev–Trinajstić information content (AvgIpc) is 3.30. The van der Waals surface area contributed by atoms with Crippen molar-refractivity contribution in [1.29, 1.82) is 5.26 Å². The molecule has 3 aromatic carbocycles. The zero-order valence-corrected chi connectivity index (χ0v) is 21.5. The molecule has 1 aliphatic heterocycles. The number of hydrogen-bond donors (Lipinski definition) is 1. The monoisotopic (exact) mass is 499 g/mol. The molecule has 190 valence electrons. The number of halogens is 1. The van der Waals surface area contributed by atoms with Gasteiger partial charge in [-0.3, -0.25) is 4.79 Å². The summed E-state index contributed by atoms with van der Waals surface area (Å²) in [7, 11) is 0. The summed E-state index contributed by atoms with van der Waals surface area (Å²) in [5, 5.41) is 12.0. The molecular formula is C30H30FN3O3. The lowest BCUT2D eigenvalue weighted by Crippen LogP contribution is -2.41. The van der Waals surface area contributed by atoms with Gasteiger partial charge in [-0.2, -0.15) is 5.26 Å². The average molecular weight is 500 g/mol. The van der Waals surface area contributed by atoms with Crippen LogP contribution >= 0.6 is 0 Å². The molecule has 6 nitrogen and oxygen atoms in total. The number of likely N-dealkylation sites (tertiary alicyclic amines) is 1. The fraction of sp³-hybridized carbons (Fsp3) is 0.300. The summed E-state index contributed by atoms with van der Waals surface area (Å²) in [5.74, 6) is -0.776. The molecule has 7 heteroatoms. The third-order valence-electron chi connectivity index (χ3n) is 6.23. The normalized spacial score (nSPS) is 15.2. The minimum Gasteiger partial charge on any atom is -0.444 e. The first-order valence-electron chi connectivity index (χ1n) is 12.2. The first-order valence-corrected chi connectivity index (χ1v) is 12.2. The van der Waals surface area contributed by atoms with Gasteiger partial charge in [-0.15, -0.1) is 0 Å². The highest BCUT2D eigenvalue weighted by Gasteiger charge is 2.30. The van der Waals surface area contributed by atoms with Crippen LogP contribution in [-0.2, 0) is 4.74 Å². The molecule has 0 aromatic heterocycles. The maximum atomic E-state index is 14.5. The van der Waals surface area contributed by atoms with Crippen LogP contribution in [0.15, 0.2) is 60.7 Å². The van der Waals surface area contributed by atoms with Crippen LogP contribution in [-0.4, -0.2) is 41.6 Å².